The first-order valence-corrected chi connectivity index (χ1v) is 10.2. The van der Waals surface area contributed by atoms with Gasteiger partial charge < -0.3 is 10.6 Å². The molecule has 2 aromatic rings. The van der Waals surface area contributed by atoms with Crippen LogP contribution in [-0.4, -0.2) is 28.1 Å². The molecule has 1 aliphatic rings. The van der Waals surface area contributed by atoms with E-state index in [1.165, 1.54) is 24.8 Å². The molecule has 1 saturated carbocycles. The van der Waals surface area contributed by atoms with Gasteiger partial charge in [-0.2, -0.15) is 5.10 Å². The van der Waals surface area contributed by atoms with Crippen molar-refractivity contribution in [3.05, 3.63) is 47.2 Å². The van der Waals surface area contributed by atoms with Crippen LogP contribution >= 0.6 is 0 Å². The largest absolute Gasteiger partial charge is 0.347 e. The van der Waals surface area contributed by atoms with Crippen LogP contribution in [0.4, 0.5) is 5.82 Å². The number of aromatic nitrogens is 2. The molecule has 2 amide bonds. The number of carbonyl (C=O) groups is 2. The Morgan fingerprint density at radius 3 is 2.50 bits per heavy atom. The molecule has 0 spiro atoms. The number of nitrogens with zero attached hydrogens (tertiary/aromatic N) is 2. The predicted molar refractivity (Wildman–Crippen MR) is 110 cm³/mol. The van der Waals surface area contributed by atoms with Gasteiger partial charge in [0.1, 0.15) is 0 Å². The van der Waals surface area contributed by atoms with Crippen LogP contribution in [0.25, 0.3) is 0 Å². The molecule has 2 N–H and O–H groups in total. The van der Waals surface area contributed by atoms with Gasteiger partial charge in [0.25, 0.3) is 0 Å². The minimum absolute atomic E-state index is 0.0392. The van der Waals surface area contributed by atoms with Gasteiger partial charge in [0.05, 0.1) is 12.6 Å². The Kier molecular flexibility index (Phi) is 6.85. The third-order valence-corrected chi connectivity index (χ3v) is 5.33. The monoisotopic (exact) mass is 382 g/mol. The van der Waals surface area contributed by atoms with Crippen molar-refractivity contribution in [1.29, 1.82) is 0 Å². The summed E-state index contributed by atoms with van der Waals surface area (Å²) in [4.78, 5) is 24.2. The zero-order valence-corrected chi connectivity index (χ0v) is 16.8. The Balaban J connectivity index is 1.43. The number of aryl methyl sites for hydroxylation is 3. The van der Waals surface area contributed by atoms with Crippen molar-refractivity contribution >= 4 is 17.6 Å². The summed E-state index contributed by atoms with van der Waals surface area (Å²) in [5, 5.41) is 10.1. The van der Waals surface area contributed by atoms with E-state index >= 15 is 0 Å². The lowest BCUT2D eigenvalue weighted by Gasteiger charge is -2.21. The minimum Gasteiger partial charge on any atom is -0.347 e. The second-order valence-corrected chi connectivity index (χ2v) is 7.74. The number of amides is 2. The molecular weight excluding hydrogens is 352 g/mol. The zero-order valence-electron chi connectivity index (χ0n) is 16.8. The smallest absolute Gasteiger partial charge is 0.244 e. The van der Waals surface area contributed by atoms with Crippen LogP contribution in [-0.2, 0) is 16.0 Å². The minimum atomic E-state index is -0.249. The molecule has 0 aliphatic heterocycles. The van der Waals surface area contributed by atoms with Crippen LogP contribution in [0, 0.1) is 13.8 Å². The molecule has 3 rings (SSSR count). The maximum Gasteiger partial charge on any atom is 0.244 e. The number of anilines is 1. The first-order valence-electron chi connectivity index (χ1n) is 10.2. The summed E-state index contributed by atoms with van der Waals surface area (Å²) in [6, 6.07) is 8.56. The molecule has 0 atom stereocenters. The average molecular weight is 383 g/mol. The van der Waals surface area contributed by atoms with E-state index in [2.05, 4.69) is 15.7 Å². The Morgan fingerprint density at radius 1 is 1.07 bits per heavy atom. The number of nitrogens with one attached hydrogen (secondary N) is 2. The first-order chi connectivity index (χ1) is 13.5. The van der Waals surface area contributed by atoms with E-state index in [0.29, 0.717) is 24.7 Å². The van der Waals surface area contributed by atoms with E-state index in [9.17, 15) is 9.59 Å². The third kappa shape index (κ3) is 5.68. The van der Waals surface area contributed by atoms with Gasteiger partial charge in [-0.1, -0.05) is 49.1 Å². The lowest BCUT2D eigenvalue weighted by atomic mass is 9.96. The predicted octanol–water partition coefficient (Wildman–Crippen LogP) is 3.69. The van der Waals surface area contributed by atoms with Gasteiger partial charge >= 0.3 is 0 Å². The fraction of sp³-hybridized carbons (Fsp3) is 0.500. The van der Waals surface area contributed by atoms with Crippen LogP contribution in [0.15, 0.2) is 30.5 Å². The molecule has 0 unspecified atom stereocenters. The number of carbonyl (C=O) groups excluding carboxylic acids is 2. The van der Waals surface area contributed by atoms with Crippen LogP contribution in [0.2, 0.25) is 0 Å². The highest BCUT2D eigenvalue weighted by Gasteiger charge is 2.18. The Bertz CT molecular complexity index is 804. The maximum absolute atomic E-state index is 12.2. The summed E-state index contributed by atoms with van der Waals surface area (Å²) >= 11 is 0. The van der Waals surface area contributed by atoms with Crippen molar-refractivity contribution in [3.63, 3.8) is 0 Å². The lowest BCUT2D eigenvalue weighted by Crippen LogP contribution is -2.33. The summed E-state index contributed by atoms with van der Waals surface area (Å²) in [5.74, 6) is 0.213. The molecule has 6 heteroatoms. The average Bonchev–Trinajstić information content (AvgIpc) is 3.07. The van der Waals surface area contributed by atoms with E-state index in [4.69, 9.17) is 0 Å². The molecule has 1 aromatic carbocycles. The van der Waals surface area contributed by atoms with Crippen molar-refractivity contribution in [2.24, 2.45) is 0 Å². The van der Waals surface area contributed by atoms with E-state index in [1.807, 2.05) is 49.0 Å². The van der Waals surface area contributed by atoms with Gasteiger partial charge in [0, 0.05) is 18.2 Å². The fourth-order valence-electron chi connectivity index (χ4n) is 3.60. The molecule has 1 aromatic heterocycles. The van der Waals surface area contributed by atoms with Crippen LogP contribution in [0.5, 0.6) is 0 Å². The van der Waals surface area contributed by atoms with Crippen LogP contribution < -0.4 is 10.6 Å². The van der Waals surface area contributed by atoms with E-state index in [1.54, 1.807) is 0 Å². The van der Waals surface area contributed by atoms with Gasteiger partial charge in [0.15, 0.2) is 5.82 Å². The number of benzene rings is 1. The summed E-state index contributed by atoms with van der Waals surface area (Å²) in [6.45, 7) is 3.94. The Labute approximate surface area is 166 Å². The lowest BCUT2D eigenvalue weighted by molar-refractivity contribution is -0.124. The first kappa shape index (κ1) is 20.1. The molecule has 1 heterocycles. The van der Waals surface area contributed by atoms with Crippen LogP contribution in [0.3, 0.4) is 0 Å². The van der Waals surface area contributed by atoms with E-state index in [-0.39, 0.29) is 18.4 Å². The second kappa shape index (κ2) is 9.53. The molecule has 0 saturated heterocycles. The second-order valence-electron chi connectivity index (χ2n) is 7.74. The molecule has 150 valence electrons. The van der Waals surface area contributed by atoms with Crippen molar-refractivity contribution < 1.29 is 9.59 Å². The van der Waals surface area contributed by atoms with Gasteiger partial charge in [0.2, 0.25) is 11.8 Å². The van der Waals surface area contributed by atoms with E-state index < -0.39 is 0 Å². The number of hydrogen-bond acceptors (Lipinski definition) is 3. The summed E-state index contributed by atoms with van der Waals surface area (Å²) < 4.78 is 1.99. The highest BCUT2D eigenvalue weighted by atomic mass is 16.2. The van der Waals surface area contributed by atoms with Gasteiger partial charge in [-0.15, -0.1) is 0 Å². The molecule has 0 bridgehead atoms. The summed E-state index contributed by atoms with van der Waals surface area (Å²) in [5.41, 5.74) is 3.27. The molecule has 6 nitrogen and oxygen atoms in total. The van der Waals surface area contributed by atoms with Gasteiger partial charge in [-0.25, -0.2) is 0 Å². The quantitative estimate of drug-likeness (QED) is 0.767. The SMILES string of the molecule is Cc1ccc(CCC(=O)NCC(=O)Nc2nn(C3CCCCC3)cc2C)cc1. The highest BCUT2D eigenvalue weighted by Crippen LogP contribution is 2.28. The highest BCUT2D eigenvalue weighted by molar-refractivity contribution is 5.94. The van der Waals surface area contributed by atoms with Gasteiger partial charge in [-0.05, 0) is 38.7 Å². The standard InChI is InChI=1S/C22H30N4O2/c1-16-8-10-18(11-9-16)12-13-20(27)23-14-21(28)24-22-17(2)15-26(25-22)19-6-4-3-5-7-19/h8-11,15,19H,3-7,12-14H2,1-2H3,(H,23,27)(H,24,25,28). The fourth-order valence-corrected chi connectivity index (χ4v) is 3.60. The molecule has 28 heavy (non-hydrogen) atoms. The Morgan fingerprint density at radius 2 is 1.79 bits per heavy atom. The summed E-state index contributed by atoms with van der Waals surface area (Å²) in [7, 11) is 0. The molecule has 1 aliphatic carbocycles. The van der Waals surface area contributed by atoms with Crippen molar-refractivity contribution in [2.75, 3.05) is 11.9 Å². The van der Waals surface area contributed by atoms with Crippen molar-refractivity contribution in [3.8, 4) is 0 Å². The maximum atomic E-state index is 12.2. The number of hydrogen-bond donors (Lipinski definition) is 2. The third-order valence-electron chi connectivity index (χ3n) is 5.33. The van der Waals surface area contributed by atoms with Crippen LogP contribution in [0.1, 0.15) is 61.3 Å². The molecule has 0 radical (unpaired) electrons. The summed E-state index contributed by atoms with van der Waals surface area (Å²) in [6.07, 6.45) is 9.09. The molecule has 1 fully saturated rings. The van der Waals surface area contributed by atoms with Crippen molar-refractivity contribution in [2.45, 2.75) is 64.8 Å². The van der Waals surface area contributed by atoms with Gasteiger partial charge in [-0.3, -0.25) is 14.3 Å². The zero-order chi connectivity index (χ0) is 19.9. The topological polar surface area (TPSA) is 76.0 Å². The normalized spacial score (nSPS) is 14.6. The molecular formula is C22H30N4O2. The van der Waals surface area contributed by atoms with Crippen molar-refractivity contribution in [1.82, 2.24) is 15.1 Å². The Hall–Kier alpha value is -2.63. The number of rotatable bonds is 7. The van der Waals surface area contributed by atoms with E-state index in [0.717, 1.165) is 24.0 Å².